The average Bonchev–Trinajstić information content (AvgIpc) is 2.38. The number of carbonyl (C=O) groups excluding carboxylic acids is 1. The van der Waals surface area contributed by atoms with Crippen molar-refractivity contribution < 1.29 is 9.53 Å². The van der Waals surface area contributed by atoms with Gasteiger partial charge in [-0.15, -0.1) is 0 Å². The highest BCUT2D eigenvalue weighted by Crippen LogP contribution is 2.20. The van der Waals surface area contributed by atoms with E-state index in [2.05, 4.69) is 5.32 Å². The minimum absolute atomic E-state index is 0.290. The van der Waals surface area contributed by atoms with Gasteiger partial charge in [-0.3, -0.25) is 0 Å². The Hall–Kier alpha value is -0.970. The van der Waals surface area contributed by atoms with Gasteiger partial charge in [0.25, 0.3) is 0 Å². The first-order chi connectivity index (χ1) is 10.2. The van der Waals surface area contributed by atoms with Gasteiger partial charge < -0.3 is 15.0 Å². The van der Waals surface area contributed by atoms with Crippen molar-refractivity contribution in [3.05, 3.63) is 33.8 Å². The number of amides is 1. The predicted octanol–water partition coefficient (Wildman–Crippen LogP) is 4.34. The third-order valence-electron chi connectivity index (χ3n) is 2.92. The second-order valence-electron chi connectivity index (χ2n) is 5.97. The quantitative estimate of drug-likeness (QED) is 0.779. The number of hydrogen-bond acceptors (Lipinski definition) is 3. The minimum Gasteiger partial charge on any atom is -0.444 e. The molecule has 0 aliphatic heterocycles. The van der Waals surface area contributed by atoms with E-state index < -0.39 is 5.60 Å². The molecule has 124 valence electrons. The Balaban J connectivity index is 2.40. The van der Waals surface area contributed by atoms with Gasteiger partial charge in [0.15, 0.2) is 0 Å². The Labute approximate surface area is 142 Å². The number of rotatable bonds is 6. The highest BCUT2D eigenvalue weighted by atomic mass is 35.5. The van der Waals surface area contributed by atoms with E-state index in [1.807, 2.05) is 39.8 Å². The summed E-state index contributed by atoms with van der Waals surface area (Å²) < 4.78 is 5.36. The zero-order valence-electron chi connectivity index (χ0n) is 13.6. The summed E-state index contributed by atoms with van der Waals surface area (Å²) in [5.41, 5.74) is 0.501. The number of benzene rings is 1. The van der Waals surface area contributed by atoms with Crippen LogP contribution in [0.15, 0.2) is 18.2 Å². The zero-order chi connectivity index (χ0) is 16.8. The molecular formula is C16H24Cl2N2O2. The Bertz CT molecular complexity index is 501. The lowest BCUT2D eigenvalue weighted by atomic mass is 10.2. The topological polar surface area (TPSA) is 41.6 Å². The summed E-state index contributed by atoms with van der Waals surface area (Å²) in [6.45, 7) is 9.99. The summed E-state index contributed by atoms with van der Waals surface area (Å²) in [4.78, 5) is 13.7. The molecule has 1 aromatic carbocycles. The Kier molecular flexibility index (Phi) is 7.46. The third-order valence-corrected chi connectivity index (χ3v) is 3.51. The van der Waals surface area contributed by atoms with Gasteiger partial charge in [0.1, 0.15) is 5.60 Å². The van der Waals surface area contributed by atoms with E-state index in [1.54, 1.807) is 11.0 Å². The van der Waals surface area contributed by atoms with Crippen LogP contribution in [0, 0.1) is 0 Å². The van der Waals surface area contributed by atoms with Crippen LogP contribution in [0.2, 0.25) is 10.0 Å². The number of carbonyl (C=O) groups is 1. The molecule has 6 heteroatoms. The Morgan fingerprint density at radius 1 is 1.32 bits per heavy atom. The van der Waals surface area contributed by atoms with Crippen LogP contribution in [0.1, 0.15) is 33.3 Å². The lowest BCUT2D eigenvalue weighted by molar-refractivity contribution is 0.0262. The molecule has 1 aromatic rings. The van der Waals surface area contributed by atoms with Gasteiger partial charge in [-0.2, -0.15) is 0 Å². The van der Waals surface area contributed by atoms with Crippen molar-refractivity contribution >= 4 is 29.3 Å². The molecule has 0 spiro atoms. The van der Waals surface area contributed by atoms with Crippen LogP contribution in [-0.2, 0) is 11.3 Å². The lowest BCUT2D eigenvalue weighted by Gasteiger charge is -2.26. The summed E-state index contributed by atoms with van der Waals surface area (Å²) in [7, 11) is 0. The zero-order valence-corrected chi connectivity index (χ0v) is 15.1. The van der Waals surface area contributed by atoms with Crippen LogP contribution < -0.4 is 5.32 Å². The fourth-order valence-corrected chi connectivity index (χ4v) is 2.28. The summed E-state index contributed by atoms with van der Waals surface area (Å²) in [6.07, 6.45) is -0.290. The molecule has 0 saturated heterocycles. The van der Waals surface area contributed by atoms with Crippen molar-refractivity contribution in [1.82, 2.24) is 10.2 Å². The standard InChI is InChI=1S/C16H24Cl2N2O2/c1-5-20(15(21)22-16(2,3)4)9-8-19-11-12-6-7-13(17)10-14(12)18/h6-7,10,19H,5,8-9,11H2,1-4H3. The normalized spacial score (nSPS) is 11.4. The molecule has 0 fully saturated rings. The van der Waals surface area contributed by atoms with Crippen LogP contribution >= 0.6 is 23.2 Å². The van der Waals surface area contributed by atoms with E-state index in [-0.39, 0.29) is 6.09 Å². The largest absolute Gasteiger partial charge is 0.444 e. The second kappa shape index (κ2) is 8.61. The molecule has 1 amide bonds. The van der Waals surface area contributed by atoms with Gasteiger partial charge in [-0.05, 0) is 45.4 Å². The molecule has 0 radical (unpaired) electrons. The molecule has 0 saturated carbocycles. The maximum absolute atomic E-state index is 12.0. The molecule has 0 aliphatic rings. The van der Waals surface area contributed by atoms with Crippen molar-refractivity contribution in [1.29, 1.82) is 0 Å². The van der Waals surface area contributed by atoms with Crippen LogP contribution in [0.3, 0.4) is 0 Å². The highest BCUT2D eigenvalue weighted by molar-refractivity contribution is 6.35. The monoisotopic (exact) mass is 346 g/mol. The number of halogens is 2. The third kappa shape index (κ3) is 6.86. The Morgan fingerprint density at radius 2 is 2.00 bits per heavy atom. The van der Waals surface area contributed by atoms with Crippen LogP contribution in [0.25, 0.3) is 0 Å². The minimum atomic E-state index is -0.477. The molecule has 0 bridgehead atoms. The Morgan fingerprint density at radius 3 is 2.55 bits per heavy atom. The smallest absolute Gasteiger partial charge is 0.410 e. The summed E-state index contributed by atoms with van der Waals surface area (Å²) in [6, 6.07) is 5.42. The van der Waals surface area contributed by atoms with Crippen LogP contribution in [0.4, 0.5) is 4.79 Å². The molecular weight excluding hydrogens is 323 g/mol. The van der Waals surface area contributed by atoms with Gasteiger partial charge in [0.05, 0.1) is 0 Å². The number of hydrogen-bond donors (Lipinski definition) is 1. The molecule has 22 heavy (non-hydrogen) atoms. The number of nitrogens with zero attached hydrogens (tertiary/aromatic N) is 1. The van der Waals surface area contributed by atoms with Gasteiger partial charge in [0, 0.05) is 36.2 Å². The van der Waals surface area contributed by atoms with E-state index >= 15 is 0 Å². The first-order valence-corrected chi connectivity index (χ1v) is 8.11. The summed E-state index contributed by atoms with van der Waals surface area (Å²) in [5, 5.41) is 4.53. The van der Waals surface area contributed by atoms with Crippen molar-refractivity contribution in [3.63, 3.8) is 0 Å². The van der Waals surface area contributed by atoms with Crippen molar-refractivity contribution in [3.8, 4) is 0 Å². The molecule has 1 N–H and O–H groups in total. The maximum atomic E-state index is 12.0. The van der Waals surface area contributed by atoms with Crippen LogP contribution in [-0.4, -0.2) is 36.2 Å². The number of ether oxygens (including phenoxy) is 1. The fourth-order valence-electron chi connectivity index (χ4n) is 1.81. The van der Waals surface area contributed by atoms with E-state index in [1.165, 1.54) is 0 Å². The summed E-state index contributed by atoms with van der Waals surface area (Å²) in [5.74, 6) is 0. The molecule has 1 rings (SSSR count). The number of likely N-dealkylation sites (N-methyl/N-ethyl adjacent to an activating group) is 1. The highest BCUT2D eigenvalue weighted by Gasteiger charge is 2.20. The lowest BCUT2D eigenvalue weighted by Crippen LogP contribution is -2.40. The predicted molar refractivity (Wildman–Crippen MR) is 91.6 cm³/mol. The van der Waals surface area contributed by atoms with Gasteiger partial charge in [-0.25, -0.2) is 4.79 Å². The molecule has 0 unspecified atom stereocenters. The van der Waals surface area contributed by atoms with Gasteiger partial charge >= 0.3 is 6.09 Å². The van der Waals surface area contributed by atoms with Crippen molar-refractivity contribution in [2.45, 2.75) is 39.8 Å². The first-order valence-electron chi connectivity index (χ1n) is 7.35. The number of nitrogens with one attached hydrogen (secondary N) is 1. The van der Waals surface area contributed by atoms with Crippen molar-refractivity contribution in [2.75, 3.05) is 19.6 Å². The molecule has 0 aromatic heterocycles. The van der Waals surface area contributed by atoms with E-state index in [4.69, 9.17) is 27.9 Å². The fraction of sp³-hybridized carbons (Fsp3) is 0.562. The van der Waals surface area contributed by atoms with E-state index in [0.717, 1.165) is 5.56 Å². The van der Waals surface area contributed by atoms with Crippen LogP contribution in [0.5, 0.6) is 0 Å². The molecule has 4 nitrogen and oxygen atoms in total. The molecule has 0 atom stereocenters. The van der Waals surface area contributed by atoms with Gasteiger partial charge in [-0.1, -0.05) is 29.3 Å². The molecule has 0 heterocycles. The van der Waals surface area contributed by atoms with E-state index in [0.29, 0.717) is 36.2 Å². The summed E-state index contributed by atoms with van der Waals surface area (Å²) >= 11 is 12.0. The van der Waals surface area contributed by atoms with Gasteiger partial charge in [0.2, 0.25) is 0 Å². The van der Waals surface area contributed by atoms with Crippen molar-refractivity contribution in [2.24, 2.45) is 0 Å². The SMILES string of the molecule is CCN(CCNCc1ccc(Cl)cc1Cl)C(=O)OC(C)(C)C. The van der Waals surface area contributed by atoms with E-state index in [9.17, 15) is 4.79 Å². The second-order valence-corrected chi connectivity index (χ2v) is 6.82. The maximum Gasteiger partial charge on any atom is 0.410 e. The average molecular weight is 347 g/mol. The molecule has 0 aliphatic carbocycles. The first kappa shape index (κ1) is 19.1.